The van der Waals surface area contributed by atoms with E-state index in [1.807, 2.05) is 0 Å². The van der Waals surface area contributed by atoms with Gasteiger partial charge in [-0.2, -0.15) is 0 Å². The van der Waals surface area contributed by atoms with Crippen molar-refractivity contribution in [3.05, 3.63) is 71.8 Å². The summed E-state index contributed by atoms with van der Waals surface area (Å²) in [5, 5.41) is 0.174. The standard InChI is InChI=1S/C19H26OSi/c1-15(2)20-21-19(3,4)18(16-11-7-5-8-12-16)17-13-9-6-10-14-17/h5-15,18H,21H2,1-4H3. The number of hydrogen-bond donors (Lipinski definition) is 0. The molecule has 0 N–H and O–H groups in total. The molecule has 1 nitrogen and oxygen atoms in total. The Morgan fingerprint density at radius 3 is 1.62 bits per heavy atom. The van der Waals surface area contributed by atoms with Gasteiger partial charge in [-0.15, -0.1) is 0 Å². The molecule has 0 spiro atoms. The summed E-state index contributed by atoms with van der Waals surface area (Å²) >= 11 is 0. The molecule has 0 aliphatic rings. The number of rotatable bonds is 6. The molecular weight excluding hydrogens is 272 g/mol. The van der Waals surface area contributed by atoms with Gasteiger partial charge < -0.3 is 4.43 Å². The zero-order valence-electron chi connectivity index (χ0n) is 13.5. The Labute approximate surface area is 131 Å². The highest BCUT2D eigenvalue weighted by Gasteiger charge is 2.33. The summed E-state index contributed by atoms with van der Waals surface area (Å²) in [6, 6.07) is 21.6. The van der Waals surface area contributed by atoms with E-state index in [1.165, 1.54) is 11.1 Å². The van der Waals surface area contributed by atoms with Crippen molar-refractivity contribution >= 4 is 9.76 Å². The molecule has 21 heavy (non-hydrogen) atoms. The Hall–Kier alpha value is -1.38. The molecule has 2 aromatic carbocycles. The van der Waals surface area contributed by atoms with Gasteiger partial charge in [-0.25, -0.2) is 0 Å². The summed E-state index contributed by atoms with van der Waals surface area (Å²) in [5.74, 6) is 0.394. The molecule has 0 aliphatic carbocycles. The summed E-state index contributed by atoms with van der Waals surface area (Å²) in [7, 11) is -0.643. The fourth-order valence-electron chi connectivity index (χ4n) is 2.85. The topological polar surface area (TPSA) is 9.23 Å². The maximum absolute atomic E-state index is 6.07. The number of benzene rings is 2. The zero-order chi connectivity index (χ0) is 15.3. The highest BCUT2D eigenvalue weighted by atomic mass is 28.2. The average molecular weight is 299 g/mol. The first kappa shape index (κ1) is 16.0. The van der Waals surface area contributed by atoms with Crippen LogP contribution < -0.4 is 0 Å². The highest BCUT2D eigenvalue weighted by Crippen LogP contribution is 2.45. The van der Waals surface area contributed by atoms with E-state index < -0.39 is 9.76 Å². The lowest BCUT2D eigenvalue weighted by Gasteiger charge is -2.35. The second kappa shape index (κ2) is 7.06. The minimum atomic E-state index is -0.643. The van der Waals surface area contributed by atoms with Crippen LogP contribution in [0.3, 0.4) is 0 Å². The molecule has 0 aliphatic heterocycles. The van der Waals surface area contributed by atoms with Gasteiger partial charge >= 0.3 is 0 Å². The molecule has 2 heteroatoms. The molecule has 112 valence electrons. The summed E-state index contributed by atoms with van der Waals surface area (Å²) in [5.41, 5.74) is 2.77. The van der Waals surface area contributed by atoms with Gasteiger partial charge in [-0.05, 0) is 30.0 Å². The molecule has 2 rings (SSSR count). The van der Waals surface area contributed by atoms with Crippen molar-refractivity contribution in [3.63, 3.8) is 0 Å². The first-order valence-electron chi connectivity index (χ1n) is 7.72. The second-order valence-corrected chi connectivity index (χ2v) is 9.05. The van der Waals surface area contributed by atoms with E-state index in [0.29, 0.717) is 12.0 Å². The van der Waals surface area contributed by atoms with Crippen LogP contribution in [-0.4, -0.2) is 15.9 Å². The zero-order valence-corrected chi connectivity index (χ0v) is 15.0. The summed E-state index contributed by atoms with van der Waals surface area (Å²) in [6.45, 7) is 8.96. The van der Waals surface area contributed by atoms with Crippen molar-refractivity contribution in [2.45, 2.75) is 44.8 Å². The molecule has 0 heterocycles. The van der Waals surface area contributed by atoms with Gasteiger partial charge in [-0.3, -0.25) is 0 Å². The van der Waals surface area contributed by atoms with Gasteiger partial charge in [0.1, 0.15) is 0 Å². The van der Waals surface area contributed by atoms with Crippen molar-refractivity contribution in [1.29, 1.82) is 0 Å². The van der Waals surface area contributed by atoms with Gasteiger partial charge in [0.05, 0.1) is 0 Å². The average Bonchev–Trinajstić information content (AvgIpc) is 2.47. The van der Waals surface area contributed by atoms with E-state index in [4.69, 9.17) is 4.43 Å². The second-order valence-electron chi connectivity index (χ2n) is 6.60. The van der Waals surface area contributed by atoms with Gasteiger partial charge in [-0.1, -0.05) is 74.5 Å². The third-order valence-electron chi connectivity index (χ3n) is 3.84. The molecular formula is C19H26OSi. The lowest BCUT2D eigenvalue weighted by molar-refractivity contribution is 0.240. The van der Waals surface area contributed by atoms with Crippen LogP contribution >= 0.6 is 0 Å². The maximum atomic E-state index is 6.07. The molecule has 0 radical (unpaired) electrons. The highest BCUT2D eigenvalue weighted by molar-refractivity contribution is 6.32. The number of hydrogen-bond acceptors (Lipinski definition) is 1. The molecule has 0 amide bonds. The predicted molar refractivity (Wildman–Crippen MR) is 93.5 cm³/mol. The first-order chi connectivity index (χ1) is 10.0. The van der Waals surface area contributed by atoms with E-state index in [9.17, 15) is 0 Å². The Morgan fingerprint density at radius 2 is 1.24 bits per heavy atom. The van der Waals surface area contributed by atoms with Crippen LogP contribution in [0, 0.1) is 0 Å². The molecule has 0 unspecified atom stereocenters. The van der Waals surface area contributed by atoms with Crippen LogP contribution in [0.4, 0.5) is 0 Å². The van der Waals surface area contributed by atoms with Crippen molar-refractivity contribution < 1.29 is 4.43 Å². The molecule has 0 saturated heterocycles. The van der Waals surface area contributed by atoms with E-state index in [2.05, 4.69) is 88.4 Å². The Bertz CT molecular complexity index is 495. The third-order valence-corrected chi connectivity index (χ3v) is 5.82. The van der Waals surface area contributed by atoms with Crippen molar-refractivity contribution in [3.8, 4) is 0 Å². The van der Waals surface area contributed by atoms with Crippen molar-refractivity contribution in [2.75, 3.05) is 0 Å². The Kier molecular flexibility index (Phi) is 5.37. The SMILES string of the molecule is CC(C)O[SiH2]C(C)(C)C(c1ccccc1)c1ccccc1. The van der Waals surface area contributed by atoms with E-state index in [1.54, 1.807) is 0 Å². The van der Waals surface area contributed by atoms with Crippen molar-refractivity contribution in [2.24, 2.45) is 0 Å². The largest absolute Gasteiger partial charge is 0.421 e. The van der Waals surface area contributed by atoms with Gasteiger partial charge in [0, 0.05) is 12.0 Å². The summed E-state index contributed by atoms with van der Waals surface area (Å²) in [4.78, 5) is 0. The predicted octanol–water partition coefficient (Wildman–Crippen LogP) is 4.53. The van der Waals surface area contributed by atoms with Gasteiger partial charge in [0.2, 0.25) is 0 Å². The third kappa shape index (κ3) is 4.29. The summed E-state index contributed by atoms with van der Waals surface area (Å²) in [6.07, 6.45) is 0.322. The summed E-state index contributed by atoms with van der Waals surface area (Å²) < 4.78 is 6.07. The van der Waals surface area contributed by atoms with Crippen LogP contribution in [-0.2, 0) is 4.43 Å². The normalized spacial score (nSPS) is 12.7. The van der Waals surface area contributed by atoms with Crippen LogP contribution in [0.1, 0.15) is 44.7 Å². The van der Waals surface area contributed by atoms with Gasteiger partial charge in [0.15, 0.2) is 9.76 Å². The van der Waals surface area contributed by atoms with Crippen LogP contribution in [0.15, 0.2) is 60.7 Å². The smallest absolute Gasteiger partial charge is 0.168 e. The minimum absolute atomic E-state index is 0.174. The van der Waals surface area contributed by atoms with E-state index in [-0.39, 0.29) is 5.04 Å². The molecule has 2 aromatic rings. The lowest BCUT2D eigenvalue weighted by atomic mass is 9.82. The van der Waals surface area contributed by atoms with Crippen LogP contribution in [0.5, 0.6) is 0 Å². The molecule has 0 saturated carbocycles. The first-order valence-corrected chi connectivity index (χ1v) is 9.00. The van der Waals surface area contributed by atoms with Crippen molar-refractivity contribution in [1.82, 2.24) is 0 Å². The van der Waals surface area contributed by atoms with E-state index >= 15 is 0 Å². The van der Waals surface area contributed by atoms with E-state index in [0.717, 1.165) is 0 Å². The van der Waals surface area contributed by atoms with Crippen LogP contribution in [0.25, 0.3) is 0 Å². The Morgan fingerprint density at radius 1 is 0.810 bits per heavy atom. The van der Waals surface area contributed by atoms with Gasteiger partial charge in [0.25, 0.3) is 0 Å². The molecule has 0 atom stereocenters. The quantitative estimate of drug-likeness (QED) is 0.712. The maximum Gasteiger partial charge on any atom is 0.168 e. The minimum Gasteiger partial charge on any atom is -0.421 e. The molecule has 0 aromatic heterocycles. The van der Waals surface area contributed by atoms with Crippen LogP contribution in [0.2, 0.25) is 5.04 Å². The molecule has 0 fully saturated rings. The fraction of sp³-hybridized carbons (Fsp3) is 0.368. The monoisotopic (exact) mass is 298 g/mol. The lowest BCUT2D eigenvalue weighted by Crippen LogP contribution is -2.27. The molecule has 0 bridgehead atoms. The Balaban J connectivity index is 2.37. The fourth-order valence-corrected chi connectivity index (χ4v) is 4.25.